The molecule has 5 nitrogen and oxygen atoms in total. The highest BCUT2D eigenvalue weighted by Gasteiger charge is 2.33. The van der Waals surface area contributed by atoms with Gasteiger partial charge < -0.3 is 5.32 Å². The number of nitrogens with one attached hydrogen (secondary N) is 1. The maximum Gasteiger partial charge on any atom is 0.416 e. The Morgan fingerprint density at radius 3 is 2.35 bits per heavy atom. The summed E-state index contributed by atoms with van der Waals surface area (Å²) in [5.41, 5.74) is 0.131. The van der Waals surface area contributed by atoms with Crippen LogP contribution in [0.5, 0.6) is 0 Å². The van der Waals surface area contributed by atoms with Gasteiger partial charge in [0.1, 0.15) is 4.88 Å². The van der Waals surface area contributed by atoms with Crippen molar-refractivity contribution in [3.8, 4) is 0 Å². The molecule has 0 unspecified atom stereocenters. The van der Waals surface area contributed by atoms with Gasteiger partial charge in [0, 0.05) is 13.6 Å². The normalized spacial score (nSPS) is 11.9. The maximum absolute atomic E-state index is 13.1. The van der Waals surface area contributed by atoms with Crippen LogP contribution >= 0.6 is 11.3 Å². The fraction of sp³-hybridized carbons (Fsp3) is 0.190. The van der Waals surface area contributed by atoms with E-state index in [9.17, 15) is 26.4 Å². The first-order chi connectivity index (χ1) is 14.5. The largest absolute Gasteiger partial charge is 0.416 e. The van der Waals surface area contributed by atoms with Crippen molar-refractivity contribution in [3.63, 3.8) is 0 Å². The highest BCUT2D eigenvalue weighted by molar-refractivity contribution is 7.92. The fourth-order valence-electron chi connectivity index (χ4n) is 2.92. The monoisotopic (exact) mass is 468 g/mol. The molecule has 0 radical (unpaired) electrons. The minimum absolute atomic E-state index is 0.0669. The number of rotatable bonds is 6. The molecule has 1 N–H and O–H groups in total. The third kappa shape index (κ3) is 4.91. The molecule has 3 aromatic rings. The van der Waals surface area contributed by atoms with Crippen molar-refractivity contribution in [1.29, 1.82) is 0 Å². The van der Waals surface area contributed by atoms with Gasteiger partial charge in [-0.25, -0.2) is 8.42 Å². The van der Waals surface area contributed by atoms with Crippen molar-refractivity contribution < 1.29 is 26.4 Å². The second kappa shape index (κ2) is 8.72. The molecule has 164 valence electrons. The molecule has 31 heavy (non-hydrogen) atoms. The third-order valence-corrected chi connectivity index (χ3v) is 7.32. The average Bonchev–Trinajstić information content (AvgIpc) is 3.21. The Morgan fingerprint density at radius 1 is 1.06 bits per heavy atom. The molecule has 3 rings (SSSR count). The Morgan fingerprint density at radius 2 is 1.71 bits per heavy atom. The van der Waals surface area contributed by atoms with Crippen LogP contribution in [0.4, 0.5) is 18.9 Å². The number of anilines is 1. The van der Waals surface area contributed by atoms with E-state index >= 15 is 0 Å². The number of nitrogens with zero attached hydrogens (tertiary/aromatic N) is 1. The summed E-state index contributed by atoms with van der Waals surface area (Å²) in [6.07, 6.45) is -4.54. The van der Waals surface area contributed by atoms with Crippen LogP contribution in [0.3, 0.4) is 0 Å². The van der Waals surface area contributed by atoms with Crippen molar-refractivity contribution in [2.45, 2.75) is 24.5 Å². The first-order valence-electron chi connectivity index (χ1n) is 9.08. The lowest BCUT2D eigenvalue weighted by molar-refractivity contribution is -0.138. The molecule has 0 aliphatic heterocycles. The second-order valence-corrected chi connectivity index (χ2v) is 9.64. The molecule has 10 heteroatoms. The third-order valence-electron chi connectivity index (χ3n) is 4.63. The van der Waals surface area contributed by atoms with E-state index in [2.05, 4.69) is 5.32 Å². The Hall–Kier alpha value is -2.85. The summed E-state index contributed by atoms with van der Waals surface area (Å²) in [5.74, 6) is -0.659. The van der Waals surface area contributed by atoms with Crippen LogP contribution in [0.2, 0.25) is 0 Å². The molecule has 0 aliphatic carbocycles. The van der Waals surface area contributed by atoms with Crippen molar-refractivity contribution in [2.75, 3.05) is 11.4 Å². The molecule has 0 atom stereocenters. The molecule has 1 heterocycles. The molecule has 0 fully saturated rings. The van der Waals surface area contributed by atoms with Crippen LogP contribution < -0.4 is 9.62 Å². The van der Waals surface area contributed by atoms with Gasteiger partial charge in [0.15, 0.2) is 0 Å². The lowest BCUT2D eigenvalue weighted by Gasteiger charge is -2.20. The van der Waals surface area contributed by atoms with Gasteiger partial charge in [-0.3, -0.25) is 9.10 Å². The Balaban J connectivity index is 1.82. The number of carbonyl (C=O) groups is 1. The van der Waals surface area contributed by atoms with Crippen molar-refractivity contribution in [3.05, 3.63) is 81.5 Å². The molecule has 2 aromatic carbocycles. The molecule has 0 saturated carbocycles. The van der Waals surface area contributed by atoms with Crippen LogP contribution in [-0.2, 0) is 22.7 Å². The molecular formula is C21H19F3N2O3S2. The van der Waals surface area contributed by atoms with Gasteiger partial charge in [-0.15, -0.1) is 11.3 Å². The lowest BCUT2D eigenvalue weighted by Crippen LogP contribution is -2.30. The number of carbonyl (C=O) groups excluding carboxylic acids is 1. The van der Waals surface area contributed by atoms with E-state index in [4.69, 9.17) is 0 Å². The molecule has 0 bridgehead atoms. The SMILES string of the molecule is Cc1ccc(S(=O)(=O)N(C)c2ccsc2C(=O)NCc2ccccc2C(F)(F)F)cc1. The zero-order chi connectivity index (χ0) is 22.8. The van der Waals surface area contributed by atoms with Crippen LogP contribution in [0.15, 0.2) is 64.9 Å². The quantitative estimate of drug-likeness (QED) is 0.564. The molecular weight excluding hydrogens is 449 g/mol. The van der Waals surface area contributed by atoms with Crippen molar-refractivity contribution in [1.82, 2.24) is 5.32 Å². The predicted molar refractivity (Wildman–Crippen MR) is 114 cm³/mol. The summed E-state index contributed by atoms with van der Waals surface area (Å²) in [6, 6.07) is 12.7. The van der Waals surface area contributed by atoms with Crippen molar-refractivity contribution >= 4 is 33.0 Å². The van der Waals surface area contributed by atoms with Crippen molar-refractivity contribution in [2.24, 2.45) is 0 Å². The van der Waals surface area contributed by atoms with E-state index in [-0.39, 0.29) is 27.6 Å². The zero-order valence-corrected chi connectivity index (χ0v) is 18.2. The Bertz CT molecular complexity index is 1190. The highest BCUT2D eigenvalue weighted by Crippen LogP contribution is 2.32. The van der Waals surface area contributed by atoms with Gasteiger partial charge in [-0.1, -0.05) is 35.9 Å². The number of hydrogen-bond acceptors (Lipinski definition) is 4. The maximum atomic E-state index is 13.1. The van der Waals surface area contributed by atoms with E-state index in [1.807, 2.05) is 6.92 Å². The molecule has 0 aliphatic rings. The summed E-state index contributed by atoms with van der Waals surface area (Å²) >= 11 is 1.00. The predicted octanol–water partition coefficient (Wildman–Crippen LogP) is 4.83. The molecule has 0 spiro atoms. The van der Waals surface area contributed by atoms with Gasteiger partial charge in [0.05, 0.1) is 16.1 Å². The summed E-state index contributed by atoms with van der Waals surface area (Å²) in [6.45, 7) is 1.48. The van der Waals surface area contributed by atoms with Gasteiger partial charge in [-0.05, 0) is 42.1 Å². The first kappa shape index (κ1) is 22.8. The van der Waals surface area contributed by atoms with Gasteiger partial charge in [0.2, 0.25) is 0 Å². The van der Waals surface area contributed by atoms with Crippen LogP contribution in [0.1, 0.15) is 26.4 Å². The van der Waals surface area contributed by atoms with E-state index in [1.54, 1.807) is 17.5 Å². The topological polar surface area (TPSA) is 66.5 Å². The summed E-state index contributed by atoms with van der Waals surface area (Å²) in [4.78, 5) is 12.8. The average molecular weight is 469 g/mol. The fourth-order valence-corrected chi connectivity index (χ4v) is 5.03. The van der Waals surface area contributed by atoms with Gasteiger partial charge in [0.25, 0.3) is 15.9 Å². The highest BCUT2D eigenvalue weighted by atomic mass is 32.2. The van der Waals surface area contributed by atoms with Gasteiger partial charge >= 0.3 is 6.18 Å². The van der Waals surface area contributed by atoms with E-state index in [0.717, 1.165) is 27.3 Å². The molecule has 1 amide bonds. The first-order valence-corrected chi connectivity index (χ1v) is 11.4. The standard InChI is InChI=1S/C21H19F3N2O3S2/c1-14-7-9-16(10-8-14)31(28,29)26(2)18-11-12-30-19(18)20(27)25-13-15-5-3-4-6-17(15)21(22,23)24/h3-12H,13H2,1-2H3,(H,25,27). The minimum Gasteiger partial charge on any atom is -0.347 e. The number of aryl methyl sites for hydroxylation is 1. The van der Waals surface area contributed by atoms with E-state index in [0.29, 0.717) is 0 Å². The second-order valence-electron chi connectivity index (χ2n) is 6.76. The summed E-state index contributed by atoms with van der Waals surface area (Å²) in [5, 5.41) is 4.01. The molecule has 0 saturated heterocycles. The number of amides is 1. The number of halogens is 3. The Labute approximate surface area is 182 Å². The smallest absolute Gasteiger partial charge is 0.347 e. The van der Waals surface area contributed by atoms with Crippen LogP contribution in [-0.4, -0.2) is 21.4 Å². The van der Waals surface area contributed by atoms with Gasteiger partial charge in [-0.2, -0.15) is 13.2 Å². The number of benzene rings is 2. The lowest BCUT2D eigenvalue weighted by atomic mass is 10.1. The Kier molecular flexibility index (Phi) is 6.42. The van der Waals surface area contributed by atoms with E-state index < -0.39 is 27.7 Å². The zero-order valence-electron chi connectivity index (χ0n) is 16.6. The number of sulfonamides is 1. The molecule has 1 aromatic heterocycles. The van der Waals surface area contributed by atoms with E-state index in [1.165, 1.54) is 43.4 Å². The number of alkyl halides is 3. The van der Waals surface area contributed by atoms with Crippen LogP contribution in [0.25, 0.3) is 0 Å². The minimum atomic E-state index is -4.54. The number of thiophene rings is 1. The summed E-state index contributed by atoms with van der Waals surface area (Å²) in [7, 11) is -2.59. The van der Waals surface area contributed by atoms with Crippen LogP contribution in [0, 0.1) is 6.92 Å². The number of hydrogen-bond donors (Lipinski definition) is 1. The summed E-state index contributed by atoms with van der Waals surface area (Å²) < 4.78 is 66.3.